The van der Waals surface area contributed by atoms with Gasteiger partial charge in [0.15, 0.2) is 0 Å². The molecule has 0 bridgehead atoms. The van der Waals surface area contributed by atoms with Crippen LogP contribution in [0.5, 0.6) is 0 Å². The summed E-state index contributed by atoms with van der Waals surface area (Å²) in [6.07, 6.45) is 1.75. The van der Waals surface area contributed by atoms with Crippen molar-refractivity contribution in [3.05, 3.63) is 47.6 Å². The van der Waals surface area contributed by atoms with Gasteiger partial charge in [0.25, 0.3) is 0 Å². The molecule has 0 aliphatic carbocycles. The first kappa shape index (κ1) is 9.03. The highest BCUT2D eigenvalue weighted by molar-refractivity contribution is 6.33. The van der Waals surface area contributed by atoms with Crippen LogP contribution in [0.3, 0.4) is 0 Å². The second-order valence-electron chi connectivity index (χ2n) is 2.95. The summed E-state index contributed by atoms with van der Waals surface area (Å²) in [6.45, 7) is 0. The van der Waals surface area contributed by atoms with E-state index in [0.29, 0.717) is 10.7 Å². The number of aromatic nitrogens is 1. The summed E-state index contributed by atoms with van der Waals surface area (Å²) in [4.78, 5) is 4.22. The van der Waals surface area contributed by atoms with Gasteiger partial charge in [-0.2, -0.15) is 0 Å². The number of halogens is 1. The first-order valence-electron chi connectivity index (χ1n) is 4.24. The lowest BCUT2D eigenvalue weighted by atomic mass is 10.1. The Morgan fingerprint density at radius 1 is 1.14 bits per heavy atom. The SMILES string of the molecule is Nc1ccc(-c2ccccn2)cc1Cl. The molecule has 3 heteroatoms. The fourth-order valence-electron chi connectivity index (χ4n) is 1.22. The van der Waals surface area contributed by atoms with Crippen LogP contribution in [0.1, 0.15) is 0 Å². The molecule has 1 aromatic carbocycles. The van der Waals surface area contributed by atoms with Crippen LogP contribution < -0.4 is 5.73 Å². The monoisotopic (exact) mass is 204 g/mol. The summed E-state index contributed by atoms with van der Waals surface area (Å²) in [5, 5.41) is 0.563. The molecule has 0 saturated carbocycles. The highest BCUT2D eigenvalue weighted by Crippen LogP contribution is 2.25. The van der Waals surface area contributed by atoms with Crippen molar-refractivity contribution in [3.8, 4) is 11.3 Å². The third kappa shape index (κ3) is 1.70. The normalized spacial score (nSPS) is 10.1. The molecule has 1 aromatic heterocycles. The number of benzene rings is 1. The largest absolute Gasteiger partial charge is 0.398 e. The topological polar surface area (TPSA) is 38.9 Å². The molecule has 2 nitrogen and oxygen atoms in total. The molecular weight excluding hydrogens is 196 g/mol. The van der Waals surface area contributed by atoms with Crippen LogP contribution in [0.4, 0.5) is 5.69 Å². The van der Waals surface area contributed by atoms with E-state index in [-0.39, 0.29) is 0 Å². The van der Waals surface area contributed by atoms with E-state index < -0.39 is 0 Å². The maximum absolute atomic E-state index is 5.91. The van der Waals surface area contributed by atoms with Gasteiger partial charge in [0.2, 0.25) is 0 Å². The van der Waals surface area contributed by atoms with E-state index in [9.17, 15) is 0 Å². The molecule has 0 spiro atoms. The van der Waals surface area contributed by atoms with E-state index in [4.69, 9.17) is 17.3 Å². The summed E-state index contributed by atoms with van der Waals surface area (Å²) in [5.74, 6) is 0. The molecule has 0 atom stereocenters. The molecule has 70 valence electrons. The highest BCUT2D eigenvalue weighted by Gasteiger charge is 2.00. The highest BCUT2D eigenvalue weighted by atomic mass is 35.5. The number of nitrogens with two attached hydrogens (primary N) is 1. The first-order valence-corrected chi connectivity index (χ1v) is 4.61. The molecule has 0 amide bonds. The Hall–Kier alpha value is -1.54. The van der Waals surface area contributed by atoms with Gasteiger partial charge < -0.3 is 5.73 Å². The van der Waals surface area contributed by atoms with Crippen molar-refractivity contribution >= 4 is 17.3 Å². The Balaban J connectivity index is 2.48. The van der Waals surface area contributed by atoms with E-state index in [1.165, 1.54) is 0 Å². The van der Waals surface area contributed by atoms with Crippen LogP contribution in [0.15, 0.2) is 42.6 Å². The van der Waals surface area contributed by atoms with Gasteiger partial charge in [0.05, 0.1) is 16.4 Å². The third-order valence-electron chi connectivity index (χ3n) is 1.96. The van der Waals surface area contributed by atoms with Crippen molar-refractivity contribution in [1.29, 1.82) is 0 Å². The van der Waals surface area contributed by atoms with Crippen LogP contribution in [0, 0.1) is 0 Å². The van der Waals surface area contributed by atoms with Gasteiger partial charge >= 0.3 is 0 Å². The fraction of sp³-hybridized carbons (Fsp3) is 0. The summed E-state index contributed by atoms with van der Waals surface area (Å²) < 4.78 is 0. The fourth-order valence-corrected chi connectivity index (χ4v) is 1.40. The zero-order valence-electron chi connectivity index (χ0n) is 7.44. The molecule has 2 rings (SSSR count). The lowest BCUT2D eigenvalue weighted by Crippen LogP contribution is -1.87. The number of hydrogen-bond donors (Lipinski definition) is 1. The summed E-state index contributed by atoms with van der Waals surface area (Å²) in [7, 11) is 0. The molecule has 2 N–H and O–H groups in total. The molecule has 0 fully saturated rings. The van der Waals surface area contributed by atoms with Gasteiger partial charge in [-0.15, -0.1) is 0 Å². The van der Waals surface area contributed by atoms with E-state index in [2.05, 4.69) is 4.98 Å². The van der Waals surface area contributed by atoms with Gasteiger partial charge in [-0.3, -0.25) is 4.98 Å². The molecule has 0 unspecified atom stereocenters. The van der Waals surface area contributed by atoms with Crippen LogP contribution >= 0.6 is 11.6 Å². The molecule has 0 saturated heterocycles. The van der Waals surface area contributed by atoms with Crippen molar-refractivity contribution in [2.45, 2.75) is 0 Å². The van der Waals surface area contributed by atoms with Gasteiger partial charge in [0.1, 0.15) is 0 Å². The van der Waals surface area contributed by atoms with Gasteiger partial charge in [0, 0.05) is 11.8 Å². The van der Waals surface area contributed by atoms with Gasteiger partial charge in [-0.05, 0) is 24.3 Å². The predicted molar refractivity (Wildman–Crippen MR) is 59.1 cm³/mol. The average molecular weight is 205 g/mol. The lowest BCUT2D eigenvalue weighted by Gasteiger charge is -2.02. The van der Waals surface area contributed by atoms with Crippen molar-refractivity contribution in [2.75, 3.05) is 5.73 Å². The molecule has 2 aromatic rings. The summed E-state index contributed by atoms with van der Waals surface area (Å²) >= 11 is 5.91. The van der Waals surface area contributed by atoms with E-state index in [1.807, 2.05) is 30.3 Å². The molecule has 14 heavy (non-hydrogen) atoms. The molecule has 0 radical (unpaired) electrons. The maximum atomic E-state index is 5.91. The summed E-state index contributed by atoms with van der Waals surface area (Å²) in [5.41, 5.74) is 8.08. The van der Waals surface area contributed by atoms with E-state index in [0.717, 1.165) is 11.3 Å². The van der Waals surface area contributed by atoms with Crippen LogP contribution in [-0.4, -0.2) is 4.98 Å². The second kappa shape index (κ2) is 3.68. The predicted octanol–water partition coefficient (Wildman–Crippen LogP) is 2.98. The number of hydrogen-bond acceptors (Lipinski definition) is 2. The Morgan fingerprint density at radius 3 is 2.64 bits per heavy atom. The molecule has 0 aliphatic heterocycles. The zero-order chi connectivity index (χ0) is 9.97. The number of pyridine rings is 1. The molecular formula is C11H9ClN2. The number of nitrogen functional groups attached to an aromatic ring is 1. The minimum atomic E-state index is 0.563. The van der Waals surface area contributed by atoms with Crippen LogP contribution in [0.25, 0.3) is 11.3 Å². The first-order chi connectivity index (χ1) is 6.77. The van der Waals surface area contributed by atoms with Crippen LogP contribution in [-0.2, 0) is 0 Å². The van der Waals surface area contributed by atoms with E-state index >= 15 is 0 Å². The Morgan fingerprint density at radius 2 is 2.00 bits per heavy atom. The van der Waals surface area contributed by atoms with Crippen LogP contribution in [0.2, 0.25) is 5.02 Å². The van der Waals surface area contributed by atoms with Crippen molar-refractivity contribution < 1.29 is 0 Å². The maximum Gasteiger partial charge on any atom is 0.0702 e. The smallest absolute Gasteiger partial charge is 0.0702 e. The second-order valence-corrected chi connectivity index (χ2v) is 3.36. The van der Waals surface area contributed by atoms with Gasteiger partial charge in [-0.25, -0.2) is 0 Å². The average Bonchev–Trinajstić information content (AvgIpc) is 2.23. The van der Waals surface area contributed by atoms with Crippen molar-refractivity contribution in [2.24, 2.45) is 0 Å². The lowest BCUT2D eigenvalue weighted by molar-refractivity contribution is 1.33. The minimum Gasteiger partial charge on any atom is -0.398 e. The van der Waals surface area contributed by atoms with Crippen molar-refractivity contribution in [3.63, 3.8) is 0 Å². The Kier molecular flexibility index (Phi) is 2.37. The molecule has 0 aliphatic rings. The van der Waals surface area contributed by atoms with E-state index in [1.54, 1.807) is 12.3 Å². The minimum absolute atomic E-state index is 0.563. The zero-order valence-corrected chi connectivity index (χ0v) is 8.20. The quantitative estimate of drug-likeness (QED) is 0.726. The Labute approximate surface area is 87.4 Å². The summed E-state index contributed by atoms with van der Waals surface area (Å²) in [6, 6.07) is 11.3. The van der Waals surface area contributed by atoms with Crippen molar-refractivity contribution in [1.82, 2.24) is 4.98 Å². The molecule has 1 heterocycles. The number of anilines is 1. The number of nitrogens with zero attached hydrogens (tertiary/aromatic N) is 1. The van der Waals surface area contributed by atoms with Gasteiger partial charge in [-0.1, -0.05) is 23.7 Å². The third-order valence-corrected chi connectivity index (χ3v) is 2.29. The standard InChI is InChI=1S/C11H9ClN2/c12-9-7-8(4-5-10(9)13)11-3-1-2-6-14-11/h1-7H,13H2. The Bertz CT molecular complexity index is 440. The number of rotatable bonds is 1.